The van der Waals surface area contributed by atoms with Crippen LogP contribution in [0.5, 0.6) is 0 Å². The molecule has 1 heterocycles. The molecule has 0 aromatic carbocycles. The maximum atomic E-state index is 13.0. The number of aliphatic hydroxyl groups excluding tert-OH is 2. The summed E-state index contributed by atoms with van der Waals surface area (Å²) in [7, 11) is 0. The molecule has 6 unspecified atom stereocenters. The molecule has 0 bridgehead atoms. The highest BCUT2D eigenvalue weighted by Crippen LogP contribution is 2.26. The molecule has 0 aromatic rings. The van der Waals surface area contributed by atoms with E-state index in [1.165, 1.54) is 116 Å². The number of allylic oxidation sites excluding steroid dienone is 2. The second kappa shape index (κ2) is 42.8. The highest BCUT2D eigenvalue weighted by molar-refractivity contribution is 5.74. The first-order valence-electron chi connectivity index (χ1n) is 26.7. The van der Waals surface area contributed by atoms with Crippen molar-refractivity contribution in [1.29, 1.82) is 0 Å². The highest BCUT2D eigenvalue weighted by Gasteiger charge is 2.50. The first-order valence-corrected chi connectivity index (χ1v) is 26.7. The molecule has 0 aliphatic carbocycles. The lowest BCUT2D eigenvalue weighted by molar-refractivity contribution is -0.301. The van der Waals surface area contributed by atoms with Crippen LogP contribution in [-0.4, -0.2) is 89.2 Å². The molecule has 1 fully saturated rings. The van der Waals surface area contributed by atoms with E-state index in [0.717, 1.165) is 77.0 Å². The van der Waals surface area contributed by atoms with Gasteiger partial charge in [0.05, 0.1) is 6.61 Å². The Labute approximate surface area is 395 Å². The third-order valence-corrected chi connectivity index (χ3v) is 12.3. The van der Waals surface area contributed by atoms with Gasteiger partial charge in [-0.2, -0.15) is 0 Å². The summed E-state index contributed by atoms with van der Waals surface area (Å²) in [6.07, 6.45) is 32.0. The van der Waals surface area contributed by atoms with Crippen LogP contribution in [0.4, 0.5) is 0 Å². The molecule has 6 atom stereocenters. The Balaban J connectivity index is 2.72. The van der Waals surface area contributed by atoms with Gasteiger partial charge in [0.1, 0.15) is 18.8 Å². The lowest BCUT2D eigenvalue weighted by Gasteiger charge is -2.40. The minimum Gasteiger partial charge on any atom is -0.479 e. The van der Waals surface area contributed by atoms with Gasteiger partial charge in [0.25, 0.3) is 0 Å². The zero-order chi connectivity index (χ0) is 47.6. The Hall–Kier alpha value is -2.54. The molecule has 1 aliphatic rings. The number of carboxylic acids is 1. The second-order valence-electron chi connectivity index (χ2n) is 18.5. The summed E-state index contributed by atoms with van der Waals surface area (Å²) < 4.78 is 28.3. The molecule has 65 heavy (non-hydrogen) atoms. The van der Waals surface area contributed by atoms with Crippen molar-refractivity contribution in [3.05, 3.63) is 12.2 Å². The molecule has 1 saturated heterocycles. The summed E-state index contributed by atoms with van der Waals surface area (Å²) in [5.41, 5.74) is 0. The summed E-state index contributed by atoms with van der Waals surface area (Å²) in [6, 6.07) is 0. The molecule has 1 aliphatic heterocycles. The van der Waals surface area contributed by atoms with Crippen molar-refractivity contribution in [2.24, 2.45) is 0 Å². The van der Waals surface area contributed by atoms with Crippen molar-refractivity contribution >= 4 is 23.9 Å². The minimum atomic E-state index is -1.89. The number of unbranched alkanes of at least 4 members (excludes halogenated alkanes) is 29. The molecular weight excluding hydrogens is 829 g/mol. The zero-order valence-corrected chi connectivity index (χ0v) is 41.5. The fraction of sp³-hybridized carbons (Fsp3) is 0.887. The third kappa shape index (κ3) is 33.6. The number of hydrogen-bond acceptors (Lipinski definition) is 11. The second-order valence-corrected chi connectivity index (χ2v) is 18.5. The van der Waals surface area contributed by atoms with Crippen LogP contribution >= 0.6 is 0 Å². The predicted molar refractivity (Wildman–Crippen MR) is 257 cm³/mol. The maximum Gasteiger partial charge on any atom is 0.335 e. The lowest BCUT2D eigenvalue weighted by atomic mass is 9.98. The monoisotopic (exact) mass is 925 g/mol. The van der Waals surface area contributed by atoms with Gasteiger partial charge in [0, 0.05) is 19.3 Å². The summed E-state index contributed by atoms with van der Waals surface area (Å²) in [5.74, 6) is -3.10. The van der Waals surface area contributed by atoms with E-state index < -0.39 is 67.3 Å². The van der Waals surface area contributed by atoms with Gasteiger partial charge in [0.2, 0.25) is 0 Å². The van der Waals surface area contributed by atoms with E-state index in [1.54, 1.807) is 0 Å². The minimum absolute atomic E-state index is 0.0673. The van der Waals surface area contributed by atoms with Crippen LogP contribution in [0.25, 0.3) is 0 Å². The van der Waals surface area contributed by atoms with Gasteiger partial charge in [-0.3, -0.25) is 14.4 Å². The van der Waals surface area contributed by atoms with Crippen LogP contribution in [0.3, 0.4) is 0 Å². The highest BCUT2D eigenvalue weighted by atomic mass is 16.7. The van der Waals surface area contributed by atoms with E-state index in [-0.39, 0.29) is 25.9 Å². The first kappa shape index (κ1) is 60.5. The number of esters is 3. The van der Waals surface area contributed by atoms with E-state index in [2.05, 4.69) is 32.9 Å². The van der Waals surface area contributed by atoms with Gasteiger partial charge < -0.3 is 39.0 Å². The van der Waals surface area contributed by atoms with Gasteiger partial charge in [-0.15, -0.1) is 0 Å². The molecule has 380 valence electrons. The summed E-state index contributed by atoms with van der Waals surface area (Å²) in [6.45, 7) is 5.93. The van der Waals surface area contributed by atoms with Gasteiger partial charge in [-0.25, -0.2) is 4.79 Å². The molecule has 3 N–H and O–H groups in total. The SMILES string of the molecule is CCCC/C=C\CCCCCCCC(=O)OCC(COC1OC(C(=O)O)C(O)C(O)C1OC(=O)CCCCCCCCCCCCCCC)OC(=O)CCCCCCCCCCCCC. The predicted octanol–water partition coefficient (Wildman–Crippen LogP) is 12.6. The van der Waals surface area contributed by atoms with Crippen LogP contribution in [-0.2, 0) is 42.9 Å². The fourth-order valence-corrected chi connectivity index (χ4v) is 8.17. The van der Waals surface area contributed by atoms with Crippen molar-refractivity contribution in [2.45, 2.75) is 289 Å². The number of aliphatic hydroxyl groups is 2. The topological polar surface area (TPSA) is 175 Å². The fourth-order valence-electron chi connectivity index (χ4n) is 8.17. The van der Waals surface area contributed by atoms with E-state index >= 15 is 0 Å². The van der Waals surface area contributed by atoms with E-state index in [4.69, 9.17) is 23.7 Å². The van der Waals surface area contributed by atoms with Gasteiger partial charge in [0.15, 0.2) is 24.6 Å². The molecule has 1 rings (SSSR count). The smallest absolute Gasteiger partial charge is 0.335 e. The quantitative estimate of drug-likeness (QED) is 0.0228. The largest absolute Gasteiger partial charge is 0.479 e. The summed E-state index contributed by atoms with van der Waals surface area (Å²) in [4.78, 5) is 50.8. The number of carboxylic acid groups (broad SMARTS) is 1. The van der Waals surface area contributed by atoms with Crippen LogP contribution < -0.4 is 0 Å². The number of carbonyl (C=O) groups excluding carboxylic acids is 3. The molecule has 0 amide bonds. The molecule has 12 nitrogen and oxygen atoms in total. The van der Waals surface area contributed by atoms with Crippen LogP contribution in [0.1, 0.15) is 252 Å². The molecular formula is C53H96O12. The normalized spacial score (nSPS) is 19.1. The maximum absolute atomic E-state index is 13.0. The number of rotatable bonds is 45. The Morgan fingerprint density at radius 3 is 1.35 bits per heavy atom. The van der Waals surface area contributed by atoms with Crippen LogP contribution in [0.15, 0.2) is 12.2 Å². The summed E-state index contributed by atoms with van der Waals surface area (Å²) in [5, 5.41) is 31.3. The van der Waals surface area contributed by atoms with Crippen molar-refractivity contribution < 1.29 is 58.2 Å². The van der Waals surface area contributed by atoms with Crippen molar-refractivity contribution in [3.63, 3.8) is 0 Å². The number of aliphatic carboxylic acids is 1. The number of hydrogen-bond donors (Lipinski definition) is 3. The number of carbonyl (C=O) groups is 4. The lowest BCUT2D eigenvalue weighted by Crippen LogP contribution is -2.61. The molecule has 12 heteroatoms. The number of ether oxygens (including phenoxy) is 5. The van der Waals surface area contributed by atoms with E-state index in [0.29, 0.717) is 19.3 Å². The molecule has 0 saturated carbocycles. The third-order valence-electron chi connectivity index (χ3n) is 12.3. The van der Waals surface area contributed by atoms with Crippen LogP contribution in [0.2, 0.25) is 0 Å². The Morgan fingerprint density at radius 1 is 0.492 bits per heavy atom. The van der Waals surface area contributed by atoms with E-state index in [9.17, 15) is 34.5 Å². The van der Waals surface area contributed by atoms with Crippen LogP contribution in [0, 0.1) is 0 Å². The Kier molecular flexibility index (Phi) is 39.8. The molecule has 0 radical (unpaired) electrons. The van der Waals surface area contributed by atoms with Gasteiger partial charge >= 0.3 is 23.9 Å². The van der Waals surface area contributed by atoms with E-state index in [1.807, 2.05) is 0 Å². The Morgan fingerprint density at radius 2 is 0.892 bits per heavy atom. The average molecular weight is 925 g/mol. The molecule has 0 aromatic heterocycles. The van der Waals surface area contributed by atoms with Gasteiger partial charge in [-0.05, 0) is 38.5 Å². The van der Waals surface area contributed by atoms with Crippen molar-refractivity contribution in [1.82, 2.24) is 0 Å². The average Bonchev–Trinajstić information content (AvgIpc) is 3.29. The van der Waals surface area contributed by atoms with Crippen molar-refractivity contribution in [3.8, 4) is 0 Å². The standard InChI is InChI=1S/C53H96O12/c1-4-7-10-13-16-19-22-23-26-29-32-35-38-41-47(56)64-51-49(58)48(57)50(52(59)60)65-53(51)62-43-44(63-46(55)40-37-34-31-28-25-21-18-15-12-9-6-3)42-61-45(54)39-36-33-30-27-24-20-17-14-11-8-5-2/h14,17,44,48-51,53,57-58H,4-13,15-16,18-43H2,1-3H3,(H,59,60)/b17-14-. The van der Waals surface area contributed by atoms with Gasteiger partial charge in [-0.1, -0.05) is 206 Å². The first-order chi connectivity index (χ1) is 31.6. The zero-order valence-electron chi connectivity index (χ0n) is 41.5. The Bertz CT molecular complexity index is 1190. The van der Waals surface area contributed by atoms with Crippen molar-refractivity contribution in [2.75, 3.05) is 13.2 Å². The summed E-state index contributed by atoms with van der Waals surface area (Å²) >= 11 is 0. The molecule has 0 spiro atoms.